The van der Waals surface area contributed by atoms with Crippen LogP contribution in [0.15, 0.2) is 22.7 Å². The molecular weight excluding hydrogens is 376 g/mol. The fourth-order valence-corrected chi connectivity index (χ4v) is 3.65. The Morgan fingerprint density at radius 3 is 2.88 bits per heavy atom. The predicted octanol–water partition coefficient (Wildman–Crippen LogP) is 2.96. The predicted molar refractivity (Wildman–Crippen MR) is 93.9 cm³/mol. The van der Waals surface area contributed by atoms with Crippen molar-refractivity contribution in [2.75, 3.05) is 32.8 Å². The number of fused-ring (bicyclic) bond motifs is 1. The number of rotatable bonds is 5. The van der Waals surface area contributed by atoms with Gasteiger partial charge in [0, 0.05) is 17.6 Å². The van der Waals surface area contributed by atoms with Gasteiger partial charge in [-0.25, -0.2) is 4.79 Å². The first kappa shape index (κ1) is 17.4. The zero-order valence-electron chi connectivity index (χ0n) is 13.5. The van der Waals surface area contributed by atoms with Crippen molar-refractivity contribution in [3.8, 4) is 11.5 Å². The zero-order valence-corrected chi connectivity index (χ0v) is 15.1. The zero-order chi connectivity index (χ0) is 16.9. The van der Waals surface area contributed by atoms with Gasteiger partial charge in [-0.2, -0.15) is 0 Å². The summed E-state index contributed by atoms with van der Waals surface area (Å²) in [5, 5.41) is 11.1. The first-order valence-electron chi connectivity index (χ1n) is 8.38. The molecule has 2 aliphatic rings. The number of ether oxygens (including phenoxy) is 2. The molecule has 1 fully saturated rings. The molecule has 0 radical (unpaired) electrons. The van der Waals surface area contributed by atoms with Gasteiger partial charge in [-0.15, -0.1) is 0 Å². The standard InChI is InChI=1S/C17H23BrN2O4/c18-13-1-2-15-16(9-13)24-14(11-23-15)10-20-7-4-12(5-8-20)3-6-19-17(21)22/h1-2,9,12,14,19H,3-8,10-11H2,(H,21,22). The number of benzene rings is 1. The topological polar surface area (TPSA) is 71.0 Å². The summed E-state index contributed by atoms with van der Waals surface area (Å²) in [6, 6.07) is 5.82. The Hall–Kier alpha value is -1.47. The summed E-state index contributed by atoms with van der Waals surface area (Å²) in [5.41, 5.74) is 0. The lowest BCUT2D eigenvalue weighted by Crippen LogP contribution is -2.44. The molecule has 1 unspecified atom stereocenters. The maximum Gasteiger partial charge on any atom is 0.404 e. The van der Waals surface area contributed by atoms with E-state index in [0.717, 1.165) is 54.9 Å². The Balaban J connectivity index is 1.41. The van der Waals surface area contributed by atoms with Crippen molar-refractivity contribution >= 4 is 22.0 Å². The molecule has 2 aliphatic heterocycles. The quantitative estimate of drug-likeness (QED) is 0.797. The van der Waals surface area contributed by atoms with Gasteiger partial charge < -0.3 is 19.9 Å². The summed E-state index contributed by atoms with van der Waals surface area (Å²) in [6.07, 6.45) is 2.25. The number of carbonyl (C=O) groups is 1. The van der Waals surface area contributed by atoms with Gasteiger partial charge in [-0.05, 0) is 56.5 Å². The van der Waals surface area contributed by atoms with Crippen molar-refractivity contribution in [3.05, 3.63) is 22.7 Å². The van der Waals surface area contributed by atoms with E-state index in [4.69, 9.17) is 14.6 Å². The molecule has 1 saturated heterocycles. The Kier molecular flexibility index (Phi) is 5.84. The third kappa shape index (κ3) is 4.77. The SMILES string of the molecule is O=C(O)NCCC1CCN(CC2COc3ccc(Br)cc3O2)CC1. The second-order valence-corrected chi connectivity index (χ2v) is 7.32. The normalized spacial score (nSPS) is 21.5. The Bertz CT molecular complexity index is 576. The lowest BCUT2D eigenvalue weighted by atomic mass is 9.93. The molecule has 2 N–H and O–H groups in total. The average molecular weight is 399 g/mol. The molecule has 0 spiro atoms. The molecule has 132 valence electrons. The number of hydrogen-bond donors (Lipinski definition) is 2. The molecule has 0 saturated carbocycles. The van der Waals surface area contributed by atoms with E-state index < -0.39 is 6.09 Å². The van der Waals surface area contributed by atoms with Crippen LogP contribution in [0.5, 0.6) is 11.5 Å². The number of likely N-dealkylation sites (tertiary alicyclic amines) is 1. The number of amides is 1. The molecule has 2 heterocycles. The van der Waals surface area contributed by atoms with Crippen LogP contribution in [-0.4, -0.2) is 55.0 Å². The average Bonchev–Trinajstić information content (AvgIpc) is 2.56. The van der Waals surface area contributed by atoms with Gasteiger partial charge in [0.1, 0.15) is 12.7 Å². The minimum absolute atomic E-state index is 0.0528. The van der Waals surface area contributed by atoms with Gasteiger partial charge >= 0.3 is 6.09 Å². The maximum atomic E-state index is 10.5. The van der Waals surface area contributed by atoms with Crippen LogP contribution in [0.1, 0.15) is 19.3 Å². The van der Waals surface area contributed by atoms with Gasteiger partial charge in [-0.3, -0.25) is 4.90 Å². The molecule has 1 aromatic carbocycles. The van der Waals surface area contributed by atoms with Crippen LogP contribution in [-0.2, 0) is 0 Å². The van der Waals surface area contributed by atoms with Crippen LogP contribution >= 0.6 is 15.9 Å². The fourth-order valence-electron chi connectivity index (χ4n) is 3.31. The van der Waals surface area contributed by atoms with Gasteiger partial charge in [-0.1, -0.05) is 15.9 Å². The fraction of sp³-hybridized carbons (Fsp3) is 0.588. The Morgan fingerprint density at radius 2 is 2.12 bits per heavy atom. The second-order valence-electron chi connectivity index (χ2n) is 6.41. The smallest absolute Gasteiger partial charge is 0.404 e. The van der Waals surface area contributed by atoms with E-state index in [-0.39, 0.29) is 6.10 Å². The van der Waals surface area contributed by atoms with Gasteiger partial charge in [0.2, 0.25) is 0 Å². The van der Waals surface area contributed by atoms with E-state index in [2.05, 4.69) is 26.1 Å². The number of carboxylic acid groups (broad SMARTS) is 1. The monoisotopic (exact) mass is 398 g/mol. The van der Waals surface area contributed by atoms with Crippen molar-refractivity contribution in [3.63, 3.8) is 0 Å². The molecule has 0 aromatic heterocycles. The van der Waals surface area contributed by atoms with E-state index >= 15 is 0 Å². The third-order valence-electron chi connectivity index (χ3n) is 4.62. The number of piperidine rings is 1. The number of nitrogens with zero attached hydrogens (tertiary/aromatic N) is 1. The first-order chi connectivity index (χ1) is 11.6. The molecule has 24 heavy (non-hydrogen) atoms. The second kappa shape index (κ2) is 8.07. The van der Waals surface area contributed by atoms with E-state index in [0.29, 0.717) is 19.1 Å². The highest BCUT2D eigenvalue weighted by molar-refractivity contribution is 9.10. The van der Waals surface area contributed by atoms with E-state index in [1.807, 2.05) is 18.2 Å². The molecule has 7 heteroatoms. The van der Waals surface area contributed by atoms with Crippen molar-refractivity contribution in [1.29, 1.82) is 0 Å². The van der Waals surface area contributed by atoms with E-state index in [9.17, 15) is 4.79 Å². The van der Waals surface area contributed by atoms with E-state index in [1.54, 1.807) is 0 Å². The molecule has 0 bridgehead atoms. The lowest BCUT2D eigenvalue weighted by molar-refractivity contribution is 0.0472. The number of hydrogen-bond acceptors (Lipinski definition) is 4. The van der Waals surface area contributed by atoms with Crippen LogP contribution < -0.4 is 14.8 Å². The third-order valence-corrected chi connectivity index (χ3v) is 5.12. The van der Waals surface area contributed by atoms with Gasteiger partial charge in [0.05, 0.1) is 0 Å². The van der Waals surface area contributed by atoms with Crippen molar-refractivity contribution in [2.45, 2.75) is 25.4 Å². The van der Waals surface area contributed by atoms with E-state index in [1.165, 1.54) is 0 Å². The molecule has 3 rings (SSSR count). The highest BCUT2D eigenvalue weighted by Gasteiger charge is 2.26. The molecule has 1 amide bonds. The minimum Gasteiger partial charge on any atom is -0.486 e. The number of nitrogens with one attached hydrogen (secondary N) is 1. The maximum absolute atomic E-state index is 10.5. The van der Waals surface area contributed by atoms with Crippen molar-refractivity contribution in [2.24, 2.45) is 5.92 Å². The largest absolute Gasteiger partial charge is 0.486 e. The summed E-state index contributed by atoms with van der Waals surface area (Å²) in [7, 11) is 0. The minimum atomic E-state index is -0.936. The summed E-state index contributed by atoms with van der Waals surface area (Å²) >= 11 is 3.46. The summed E-state index contributed by atoms with van der Waals surface area (Å²) in [5.74, 6) is 2.21. The van der Waals surface area contributed by atoms with Crippen molar-refractivity contribution in [1.82, 2.24) is 10.2 Å². The van der Waals surface area contributed by atoms with Crippen LogP contribution in [0.3, 0.4) is 0 Å². The molecule has 6 nitrogen and oxygen atoms in total. The summed E-state index contributed by atoms with van der Waals surface area (Å²) in [4.78, 5) is 12.9. The van der Waals surface area contributed by atoms with Gasteiger partial charge in [0.25, 0.3) is 0 Å². The summed E-state index contributed by atoms with van der Waals surface area (Å²) in [6.45, 7) is 4.06. The van der Waals surface area contributed by atoms with Crippen LogP contribution in [0.2, 0.25) is 0 Å². The molecule has 1 atom stereocenters. The van der Waals surface area contributed by atoms with Crippen LogP contribution in [0.25, 0.3) is 0 Å². The molecular formula is C17H23BrN2O4. The first-order valence-corrected chi connectivity index (χ1v) is 9.17. The molecule has 0 aliphatic carbocycles. The molecule has 1 aromatic rings. The van der Waals surface area contributed by atoms with Crippen LogP contribution in [0.4, 0.5) is 4.79 Å². The highest BCUT2D eigenvalue weighted by atomic mass is 79.9. The summed E-state index contributed by atoms with van der Waals surface area (Å²) < 4.78 is 12.8. The Labute approximate surface area is 150 Å². The lowest BCUT2D eigenvalue weighted by Gasteiger charge is -2.35. The highest BCUT2D eigenvalue weighted by Crippen LogP contribution is 2.34. The number of halogens is 1. The van der Waals surface area contributed by atoms with Crippen LogP contribution in [0, 0.1) is 5.92 Å². The van der Waals surface area contributed by atoms with Gasteiger partial charge in [0.15, 0.2) is 11.5 Å². The van der Waals surface area contributed by atoms with Crippen molar-refractivity contribution < 1.29 is 19.4 Å². The Morgan fingerprint density at radius 1 is 1.33 bits per heavy atom.